The molecule has 0 aliphatic carbocycles. The molecule has 0 bridgehead atoms. The van der Waals surface area contributed by atoms with E-state index in [4.69, 9.17) is 0 Å². The molecule has 0 saturated carbocycles. The number of carbonyl (C=O) groups is 2. The van der Waals surface area contributed by atoms with Crippen LogP contribution in [-0.2, 0) is 11.8 Å². The number of hydrogen-bond donors (Lipinski definition) is 2. The Kier molecular flexibility index (Phi) is 3.44. The van der Waals surface area contributed by atoms with Crippen molar-refractivity contribution in [3.8, 4) is 0 Å². The van der Waals surface area contributed by atoms with Crippen LogP contribution in [0.25, 0.3) is 0 Å². The van der Waals surface area contributed by atoms with Crippen LogP contribution in [0.15, 0.2) is 24.3 Å². The fourth-order valence-electron chi connectivity index (χ4n) is 2.81. The quantitative estimate of drug-likeness (QED) is 0.894. The van der Waals surface area contributed by atoms with Crippen LogP contribution in [0.4, 0.5) is 11.6 Å². The first kappa shape index (κ1) is 14.3. The summed E-state index contributed by atoms with van der Waals surface area (Å²) in [5.74, 6) is 0.967. The van der Waals surface area contributed by atoms with Crippen LogP contribution in [0.5, 0.6) is 0 Å². The van der Waals surface area contributed by atoms with Gasteiger partial charge in [0, 0.05) is 24.6 Å². The fraction of sp³-hybridized carbons (Fsp3) is 0.312. The molecule has 2 heterocycles. The minimum Gasteiger partial charge on any atom is -0.311 e. The Labute approximate surface area is 128 Å². The maximum Gasteiger partial charge on any atom is 0.257 e. The number of carbonyl (C=O) groups excluding carboxylic acids is 2. The molecule has 1 aliphatic heterocycles. The van der Waals surface area contributed by atoms with Crippen LogP contribution < -0.4 is 10.6 Å². The molecule has 1 aromatic carbocycles. The SMILES string of the molecule is Cc1ccccc1C(=O)Nc1nn(C)c2c1[C@H](C)CC(=O)N2. The zero-order valence-corrected chi connectivity index (χ0v) is 12.8. The van der Waals surface area contributed by atoms with Gasteiger partial charge in [0.25, 0.3) is 5.91 Å². The van der Waals surface area contributed by atoms with Crippen LogP contribution in [0, 0.1) is 6.92 Å². The van der Waals surface area contributed by atoms with Crippen molar-refractivity contribution in [1.82, 2.24) is 9.78 Å². The zero-order chi connectivity index (χ0) is 15.9. The van der Waals surface area contributed by atoms with Crippen molar-refractivity contribution < 1.29 is 9.59 Å². The zero-order valence-electron chi connectivity index (χ0n) is 12.8. The Morgan fingerprint density at radius 1 is 1.41 bits per heavy atom. The summed E-state index contributed by atoms with van der Waals surface area (Å²) in [6.45, 7) is 3.86. The van der Waals surface area contributed by atoms with E-state index >= 15 is 0 Å². The maximum absolute atomic E-state index is 12.5. The Balaban J connectivity index is 1.94. The molecule has 2 aromatic rings. The highest BCUT2D eigenvalue weighted by Crippen LogP contribution is 2.37. The third-order valence-electron chi connectivity index (χ3n) is 3.95. The summed E-state index contributed by atoms with van der Waals surface area (Å²) in [6, 6.07) is 7.40. The minimum absolute atomic E-state index is 0.0182. The molecule has 3 rings (SSSR count). The molecule has 2 amide bonds. The molecule has 1 atom stereocenters. The lowest BCUT2D eigenvalue weighted by molar-refractivity contribution is -0.116. The molecule has 0 spiro atoms. The van der Waals surface area contributed by atoms with Gasteiger partial charge in [0.05, 0.1) is 0 Å². The molecule has 0 unspecified atom stereocenters. The summed E-state index contributed by atoms with van der Waals surface area (Å²) in [7, 11) is 1.75. The third kappa shape index (κ3) is 2.36. The molecule has 2 N–H and O–H groups in total. The smallest absolute Gasteiger partial charge is 0.257 e. The second-order valence-electron chi connectivity index (χ2n) is 5.66. The number of hydrogen-bond acceptors (Lipinski definition) is 3. The standard InChI is InChI=1S/C16H18N4O2/c1-9-6-4-5-7-11(9)16(22)18-14-13-10(2)8-12(21)17-15(13)20(3)19-14/h4-7,10H,8H2,1-3H3,(H,17,21)(H,18,19,22)/t10-/m1/s1. The van der Waals surface area contributed by atoms with Crippen LogP contribution in [0.1, 0.15) is 40.7 Å². The van der Waals surface area contributed by atoms with E-state index in [1.54, 1.807) is 17.8 Å². The molecule has 1 aliphatic rings. The summed E-state index contributed by atoms with van der Waals surface area (Å²) in [5, 5.41) is 10.0. The molecule has 6 nitrogen and oxygen atoms in total. The van der Waals surface area contributed by atoms with Crippen LogP contribution in [0.3, 0.4) is 0 Å². The number of anilines is 2. The van der Waals surface area contributed by atoms with E-state index in [-0.39, 0.29) is 17.7 Å². The van der Waals surface area contributed by atoms with Gasteiger partial charge < -0.3 is 10.6 Å². The predicted molar refractivity (Wildman–Crippen MR) is 84.0 cm³/mol. The van der Waals surface area contributed by atoms with Crippen molar-refractivity contribution in [1.29, 1.82) is 0 Å². The van der Waals surface area contributed by atoms with Gasteiger partial charge in [-0.25, -0.2) is 0 Å². The Bertz CT molecular complexity index is 764. The number of rotatable bonds is 2. The average Bonchev–Trinajstić information content (AvgIpc) is 2.75. The molecule has 0 saturated heterocycles. The topological polar surface area (TPSA) is 76.0 Å². The fourth-order valence-corrected chi connectivity index (χ4v) is 2.81. The number of aromatic nitrogens is 2. The van der Waals surface area contributed by atoms with Crippen molar-refractivity contribution in [2.24, 2.45) is 7.05 Å². The van der Waals surface area contributed by atoms with Crippen molar-refractivity contribution >= 4 is 23.5 Å². The lowest BCUT2D eigenvalue weighted by Crippen LogP contribution is -2.23. The molecular formula is C16H18N4O2. The number of benzene rings is 1. The van der Waals surface area contributed by atoms with E-state index in [0.717, 1.165) is 11.1 Å². The highest BCUT2D eigenvalue weighted by atomic mass is 16.2. The molecule has 22 heavy (non-hydrogen) atoms. The van der Waals surface area contributed by atoms with E-state index in [1.807, 2.05) is 32.0 Å². The van der Waals surface area contributed by atoms with E-state index in [2.05, 4.69) is 15.7 Å². The lowest BCUT2D eigenvalue weighted by atomic mass is 9.95. The van der Waals surface area contributed by atoms with Crippen molar-refractivity contribution in [3.05, 3.63) is 41.0 Å². The van der Waals surface area contributed by atoms with E-state index in [9.17, 15) is 9.59 Å². The molecule has 0 fully saturated rings. The number of amides is 2. The Morgan fingerprint density at radius 3 is 2.86 bits per heavy atom. The number of nitrogens with zero attached hydrogens (tertiary/aromatic N) is 2. The summed E-state index contributed by atoms with van der Waals surface area (Å²) >= 11 is 0. The first-order valence-corrected chi connectivity index (χ1v) is 7.21. The van der Waals surface area contributed by atoms with Gasteiger partial charge in [-0.2, -0.15) is 5.10 Å². The van der Waals surface area contributed by atoms with Gasteiger partial charge in [0.1, 0.15) is 5.82 Å². The van der Waals surface area contributed by atoms with E-state index in [0.29, 0.717) is 23.6 Å². The molecular weight excluding hydrogens is 280 g/mol. The van der Waals surface area contributed by atoms with Crippen LogP contribution in [-0.4, -0.2) is 21.6 Å². The lowest BCUT2D eigenvalue weighted by Gasteiger charge is -2.20. The predicted octanol–water partition coefficient (Wildman–Crippen LogP) is 2.43. The highest BCUT2D eigenvalue weighted by molar-refractivity contribution is 6.06. The summed E-state index contributed by atoms with van der Waals surface area (Å²) in [6.07, 6.45) is 0.395. The van der Waals surface area contributed by atoms with Gasteiger partial charge in [-0.05, 0) is 24.5 Å². The monoisotopic (exact) mass is 298 g/mol. The van der Waals surface area contributed by atoms with Gasteiger partial charge in [-0.1, -0.05) is 25.1 Å². The van der Waals surface area contributed by atoms with E-state index < -0.39 is 0 Å². The normalized spacial score (nSPS) is 16.9. The second kappa shape index (κ2) is 5.29. The number of nitrogens with one attached hydrogen (secondary N) is 2. The van der Waals surface area contributed by atoms with Gasteiger partial charge in [-0.15, -0.1) is 0 Å². The van der Waals surface area contributed by atoms with E-state index in [1.165, 1.54) is 0 Å². The molecule has 114 valence electrons. The third-order valence-corrected chi connectivity index (χ3v) is 3.95. The largest absolute Gasteiger partial charge is 0.311 e. The average molecular weight is 298 g/mol. The van der Waals surface area contributed by atoms with Gasteiger partial charge in [0.15, 0.2) is 5.82 Å². The second-order valence-corrected chi connectivity index (χ2v) is 5.66. The first-order chi connectivity index (χ1) is 10.5. The van der Waals surface area contributed by atoms with Crippen molar-refractivity contribution in [2.75, 3.05) is 10.6 Å². The summed E-state index contributed by atoms with van der Waals surface area (Å²) in [4.78, 5) is 24.1. The summed E-state index contributed by atoms with van der Waals surface area (Å²) in [5.41, 5.74) is 2.41. The number of aryl methyl sites for hydroxylation is 2. The van der Waals surface area contributed by atoms with Crippen LogP contribution >= 0.6 is 0 Å². The van der Waals surface area contributed by atoms with Gasteiger partial charge in [-0.3, -0.25) is 14.3 Å². The first-order valence-electron chi connectivity index (χ1n) is 7.21. The summed E-state index contributed by atoms with van der Waals surface area (Å²) < 4.78 is 1.59. The Hall–Kier alpha value is -2.63. The van der Waals surface area contributed by atoms with Crippen molar-refractivity contribution in [3.63, 3.8) is 0 Å². The molecule has 0 radical (unpaired) electrons. The maximum atomic E-state index is 12.5. The molecule has 6 heteroatoms. The highest BCUT2D eigenvalue weighted by Gasteiger charge is 2.29. The van der Waals surface area contributed by atoms with Gasteiger partial charge in [0.2, 0.25) is 5.91 Å². The molecule has 1 aromatic heterocycles. The van der Waals surface area contributed by atoms with Gasteiger partial charge >= 0.3 is 0 Å². The minimum atomic E-state index is -0.192. The van der Waals surface area contributed by atoms with Crippen molar-refractivity contribution in [2.45, 2.75) is 26.2 Å². The van der Waals surface area contributed by atoms with Crippen LogP contribution in [0.2, 0.25) is 0 Å². The Morgan fingerprint density at radius 2 is 2.14 bits per heavy atom. The number of fused-ring (bicyclic) bond motifs is 1.